The topological polar surface area (TPSA) is 75.7 Å². The first kappa shape index (κ1) is 20.5. The van der Waals surface area contributed by atoms with E-state index in [1.165, 1.54) is 28.6 Å². The van der Waals surface area contributed by atoms with Crippen molar-refractivity contribution in [2.45, 2.75) is 11.0 Å². The number of sulfonamides is 1. The largest absolute Gasteiger partial charge is 0.476 e. The van der Waals surface area contributed by atoms with Crippen molar-refractivity contribution in [2.24, 2.45) is 0 Å². The minimum Gasteiger partial charge on any atom is -0.476 e. The number of rotatable bonds is 4. The van der Waals surface area contributed by atoms with Gasteiger partial charge >= 0.3 is 0 Å². The summed E-state index contributed by atoms with van der Waals surface area (Å²) in [6.07, 6.45) is -1.05. The normalized spacial score (nSPS) is 15.8. The quantitative estimate of drug-likeness (QED) is 0.614. The third-order valence-corrected chi connectivity index (χ3v) is 6.80. The maximum Gasteiger partial charge on any atom is 0.267 e. The lowest BCUT2D eigenvalue weighted by Gasteiger charge is -2.34. The zero-order valence-corrected chi connectivity index (χ0v) is 17.8. The zero-order chi connectivity index (χ0) is 21.3. The highest BCUT2D eigenvalue weighted by Crippen LogP contribution is 2.37. The average molecular weight is 463 g/mol. The number of nitrogens with one attached hydrogen (secondary N) is 1. The summed E-state index contributed by atoms with van der Waals surface area (Å²) in [6, 6.07) is 19.2. The molecule has 1 atom stereocenters. The van der Waals surface area contributed by atoms with Gasteiger partial charge < -0.3 is 10.1 Å². The van der Waals surface area contributed by atoms with Gasteiger partial charge in [-0.2, -0.15) is 0 Å². The van der Waals surface area contributed by atoms with E-state index in [1.54, 1.807) is 48.5 Å². The van der Waals surface area contributed by atoms with E-state index in [0.29, 0.717) is 27.2 Å². The van der Waals surface area contributed by atoms with Gasteiger partial charge in [-0.25, -0.2) is 8.42 Å². The summed E-state index contributed by atoms with van der Waals surface area (Å²) < 4.78 is 33.6. The van der Waals surface area contributed by atoms with E-state index in [-0.39, 0.29) is 11.4 Å². The zero-order valence-electron chi connectivity index (χ0n) is 15.5. The Morgan fingerprint density at radius 3 is 2.43 bits per heavy atom. The molecule has 0 radical (unpaired) electrons. The van der Waals surface area contributed by atoms with Crippen LogP contribution >= 0.6 is 23.2 Å². The molecular formula is C21H16Cl2N2O4S. The molecule has 9 heteroatoms. The molecule has 30 heavy (non-hydrogen) atoms. The van der Waals surface area contributed by atoms with Crippen molar-refractivity contribution >= 4 is 50.5 Å². The highest BCUT2D eigenvalue weighted by atomic mass is 35.5. The number of amides is 1. The SMILES string of the molecule is O=C(Nc1cccc(Cl)c1)C1CN(S(=O)(=O)c2ccc(Cl)cc2)c2ccccc2O1. The molecule has 0 spiro atoms. The maximum atomic E-state index is 13.3. The second kappa shape index (κ2) is 8.18. The van der Waals surface area contributed by atoms with E-state index >= 15 is 0 Å². The first-order chi connectivity index (χ1) is 14.3. The third-order valence-electron chi connectivity index (χ3n) is 4.52. The standard InChI is InChI=1S/C21H16Cl2N2O4S/c22-14-8-10-17(11-9-14)30(27,28)25-13-20(29-19-7-2-1-6-18(19)25)21(26)24-16-5-3-4-15(23)12-16/h1-12,20H,13H2,(H,24,26). The number of carbonyl (C=O) groups excluding carboxylic acids is 1. The summed E-state index contributed by atoms with van der Waals surface area (Å²) in [5, 5.41) is 3.61. The number of nitrogens with zero attached hydrogens (tertiary/aromatic N) is 1. The van der Waals surface area contributed by atoms with Crippen molar-refractivity contribution in [3.8, 4) is 5.75 Å². The van der Waals surface area contributed by atoms with Crippen molar-refractivity contribution in [2.75, 3.05) is 16.2 Å². The van der Waals surface area contributed by atoms with Crippen LogP contribution in [0, 0.1) is 0 Å². The van der Waals surface area contributed by atoms with Gasteiger partial charge in [-0.1, -0.05) is 41.4 Å². The molecule has 3 aromatic rings. The van der Waals surface area contributed by atoms with Gasteiger partial charge in [0.15, 0.2) is 6.10 Å². The van der Waals surface area contributed by atoms with Gasteiger partial charge in [-0.3, -0.25) is 9.10 Å². The minimum atomic E-state index is -3.94. The first-order valence-corrected chi connectivity index (χ1v) is 11.1. The summed E-state index contributed by atoms with van der Waals surface area (Å²) in [7, 11) is -3.94. The Labute approximate surface area is 184 Å². The van der Waals surface area contributed by atoms with Crippen LogP contribution in [0.1, 0.15) is 0 Å². The van der Waals surface area contributed by atoms with Crippen LogP contribution in [-0.4, -0.2) is 27.0 Å². The molecular weight excluding hydrogens is 447 g/mol. The Hall–Kier alpha value is -2.74. The lowest BCUT2D eigenvalue weighted by Crippen LogP contribution is -2.48. The molecule has 0 fully saturated rings. The average Bonchev–Trinajstić information content (AvgIpc) is 2.73. The van der Waals surface area contributed by atoms with Crippen molar-refractivity contribution in [3.63, 3.8) is 0 Å². The smallest absolute Gasteiger partial charge is 0.267 e. The number of halogens is 2. The lowest BCUT2D eigenvalue weighted by atomic mass is 10.2. The summed E-state index contributed by atoms with van der Waals surface area (Å²) in [6.45, 7) is -0.186. The second-order valence-electron chi connectivity index (χ2n) is 6.56. The van der Waals surface area contributed by atoms with E-state index in [0.717, 1.165) is 0 Å². The van der Waals surface area contributed by atoms with Crippen LogP contribution in [0.25, 0.3) is 0 Å². The molecule has 4 rings (SSSR count). The summed E-state index contributed by atoms with van der Waals surface area (Å²) in [5.74, 6) is -0.185. The summed E-state index contributed by atoms with van der Waals surface area (Å²) in [5.41, 5.74) is 0.848. The Bertz CT molecular complexity index is 1200. The maximum absolute atomic E-state index is 13.3. The summed E-state index contributed by atoms with van der Waals surface area (Å²) in [4.78, 5) is 12.9. The predicted molar refractivity (Wildman–Crippen MR) is 117 cm³/mol. The first-order valence-electron chi connectivity index (χ1n) is 8.95. The number of hydrogen-bond acceptors (Lipinski definition) is 4. The van der Waals surface area contributed by atoms with Crippen molar-refractivity contribution in [3.05, 3.63) is 82.8 Å². The van der Waals surface area contributed by atoms with Crippen LogP contribution in [-0.2, 0) is 14.8 Å². The highest BCUT2D eigenvalue weighted by molar-refractivity contribution is 7.92. The van der Waals surface area contributed by atoms with Crippen LogP contribution in [0.3, 0.4) is 0 Å². The minimum absolute atomic E-state index is 0.0672. The Kier molecular flexibility index (Phi) is 5.60. The second-order valence-corrected chi connectivity index (χ2v) is 9.30. The fourth-order valence-electron chi connectivity index (χ4n) is 3.09. The van der Waals surface area contributed by atoms with Gasteiger partial charge in [0.25, 0.3) is 15.9 Å². The number of anilines is 2. The highest BCUT2D eigenvalue weighted by Gasteiger charge is 2.37. The fourth-order valence-corrected chi connectivity index (χ4v) is 4.88. The fraction of sp³-hybridized carbons (Fsp3) is 0.0952. The van der Waals surface area contributed by atoms with E-state index in [1.807, 2.05) is 0 Å². The molecule has 0 saturated carbocycles. The lowest BCUT2D eigenvalue weighted by molar-refractivity contribution is -0.122. The summed E-state index contributed by atoms with van der Waals surface area (Å²) >= 11 is 11.9. The Morgan fingerprint density at radius 2 is 1.70 bits per heavy atom. The predicted octanol–water partition coefficient (Wildman–Crippen LogP) is 4.59. The number of para-hydroxylation sites is 2. The van der Waals surface area contributed by atoms with E-state index in [4.69, 9.17) is 27.9 Å². The number of ether oxygens (including phenoxy) is 1. The molecule has 0 aliphatic carbocycles. The van der Waals surface area contributed by atoms with Crippen LogP contribution < -0.4 is 14.4 Å². The van der Waals surface area contributed by atoms with Gasteiger partial charge in [0.2, 0.25) is 0 Å². The monoisotopic (exact) mass is 462 g/mol. The van der Waals surface area contributed by atoms with Crippen LogP contribution in [0.2, 0.25) is 10.0 Å². The molecule has 1 amide bonds. The number of fused-ring (bicyclic) bond motifs is 1. The van der Waals surface area contributed by atoms with E-state index in [9.17, 15) is 13.2 Å². The molecule has 1 heterocycles. The molecule has 0 saturated heterocycles. The number of benzene rings is 3. The van der Waals surface area contributed by atoms with Gasteiger partial charge in [0, 0.05) is 15.7 Å². The van der Waals surface area contributed by atoms with Crippen molar-refractivity contribution < 1.29 is 17.9 Å². The van der Waals surface area contributed by atoms with Crippen LogP contribution in [0.4, 0.5) is 11.4 Å². The van der Waals surface area contributed by atoms with Crippen LogP contribution in [0.15, 0.2) is 77.7 Å². The van der Waals surface area contributed by atoms with E-state index in [2.05, 4.69) is 5.32 Å². The molecule has 3 aromatic carbocycles. The van der Waals surface area contributed by atoms with E-state index < -0.39 is 22.0 Å². The molecule has 1 aliphatic rings. The number of hydrogen-bond donors (Lipinski definition) is 1. The molecule has 1 aliphatic heterocycles. The van der Waals surface area contributed by atoms with Crippen molar-refractivity contribution in [1.29, 1.82) is 0 Å². The molecule has 0 aromatic heterocycles. The number of carbonyl (C=O) groups is 1. The molecule has 1 N–H and O–H groups in total. The molecule has 0 bridgehead atoms. The van der Waals surface area contributed by atoms with Gasteiger partial charge in [0.1, 0.15) is 5.75 Å². The Balaban J connectivity index is 1.67. The Morgan fingerprint density at radius 1 is 0.967 bits per heavy atom. The molecule has 6 nitrogen and oxygen atoms in total. The molecule has 1 unspecified atom stereocenters. The van der Waals surface area contributed by atoms with Crippen LogP contribution in [0.5, 0.6) is 5.75 Å². The van der Waals surface area contributed by atoms with Crippen molar-refractivity contribution in [1.82, 2.24) is 0 Å². The van der Waals surface area contributed by atoms with Gasteiger partial charge in [0.05, 0.1) is 17.1 Å². The van der Waals surface area contributed by atoms with Gasteiger partial charge in [-0.15, -0.1) is 0 Å². The van der Waals surface area contributed by atoms with Gasteiger partial charge in [-0.05, 0) is 54.6 Å². The third kappa shape index (κ3) is 4.09. The molecule has 154 valence electrons.